The quantitative estimate of drug-likeness (QED) is 0.843. The Hall–Kier alpha value is -1.41. The maximum atomic E-state index is 11.4. The Labute approximate surface area is 92.9 Å². The van der Waals surface area contributed by atoms with Gasteiger partial charge < -0.3 is 5.32 Å². The number of thiazole rings is 1. The molecule has 0 aromatic carbocycles. The second-order valence-corrected chi connectivity index (χ2v) is 4.47. The minimum absolute atomic E-state index is 0.203. The molecule has 0 aliphatic rings. The molecule has 1 heterocycles. The topological polar surface area (TPSA) is 65.8 Å². The zero-order chi connectivity index (χ0) is 11.3. The lowest BCUT2D eigenvalue weighted by atomic mass is 10.1. The molecular formula is C10H13N3OS. The molecular weight excluding hydrogens is 210 g/mol. The second kappa shape index (κ2) is 5.47. The maximum Gasteiger partial charge on any atom is 0.237 e. The van der Waals surface area contributed by atoms with Crippen LogP contribution in [-0.4, -0.2) is 10.9 Å². The Bertz CT molecular complexity index is 380. The molecule has 0 saturated carbocycles. The molecule has 1 aromatic rings. The lowest BCUT2D eigenvalue weighted by molar-refractivity contribution is -0.123. The van der Waals surface area contributed by atoms with E-state index < -0.39 is 5.92 Å². The number of carbonyl (C=O) groups excluding carboxylic acids is 1. The van der Waals surface area contributed by atoms with E-state index in [9.17, 15) is 4.79 Å². The van der Waals surface area contributed by atoms with Crippen LogP contribution in [0.15, 0.2) is 6.20 Å². The lowest BCUT2D eigenvalue weighted by Crippen LogP contribution is -2.28. The molecule has 5 heteroatoms. The summed E-state index contributed by atoms with van der Waals surface area (Å²) < 4.78 is 0. The van der Waals surface area contributed by atoms with Crippen molar-refractivity contribution in [3.63, 3.8) is 0 Å². The van der Waals surface area contributed by atoms with Gasteiger partial charge in [0.15, 0.2) is 0 Å². The number of hydrogen-bond donors (Lipinski definition) is 1. The summed E-state index contributed by atoms with van der Waals surface area (Å²) in [5, 5.41) is 12.4. The zero-order valence-corrected chi connectivity index (χ0v) is 9.60. The molecule has 1 atom stereocenters. The van der Waals surface area contributed by atoms with E-state index in [-0.39, 0.29) is 5.91 Å². The molecule has 4 nitrogen and oxygen atoms in total. The van der Waals surface area contributed by atoms with E-state index in [0.717, 1.165) is 9.88 Å². The van der Waals surface area contributed by atoms with Gasteiger partial charge in [0.05, 0.1) is 17.6 Å². The second-order valence-electron chi connectivity index (χ2n) is 3.15. The number of carbonyl (C=O) groups is 1. The number of nitriles is 1. The van der Waals surface area contributed by atoms with Crippen molar-refractivity contribution in [3.8, 4) is 6.07 Å². The number of nitrogens with one attached hydrogen (secondary N) is 1. The van der Waals surface area contributed by atoms with Gasteiger partial charge in [0.25, 0.3) is 0 Å². The zero-order valence-electron chi connectivity index (χ0n) is 8.78. The smallest absolute Gasteiger partial charge is 0.237 e. The van der Waals surface area contributed by atoms with Crippen LogP contribution in [0.3, 0.4) is 0 Å². The minimum Gasteiger partial charge on any atom is -0.350 e. The molecule has 1 aromatic heterocycles. The van der Waals surface area contributed by atoms with Crippen molar-refractivity contribution in [2.75, 3.05) is 0 Å². The van der Waals surface area contributed by atoms with Gasteiger partial charge >= 0.3 is 0 Å². The van der Waals surface area contributed by atoms with E-state index in [2.05, 4.69) is 10.3 Å². The first-order chi connectivity index (χ1) is 7.17. The Morgan fingerprint density at radius 2 is 2.53 bits per heavy atom. The number of hydrogen-bond acceptors (Lipinski definition) is 4. The van der Waals surface area contributed by atoms with Crippen molar-refractivity contribution in [1.82, 2.24) is 10.3 Å². The molecule has 80 valence electrons. The van der Waals surface area contributed by atoms with Crippen LogP contribution >= 0.6 is 11.3 Å². The average Bonchev–Trinajstić information content (AvgIpc) is 2.63. The highest BCUT2D eigenvalue weighted by atomic mass is 32.1. The van der Waals surface area contributed by atoms with E-state index in [4.69, 9.17) is 5.26 Å². The van der Waals surface area contributed by atoms with Gasteiger partial charge in [-0.2, -0.15) is 5.26 Å². The molecule has 0 bridgehead atoms. The summed E-state index contributed by atoms with van der Waals surface area (Å²) in [7, 11) is 0. The van der Waals surface area contributed by atoms with E-state index >= 15 is 0 Å². The van der Waals surface area contributed by atoms with Crippen LogP contribution < -0.4 is 5.32 Å². The van der Waals surface area contributed by atoms with E-state index in [0.29, 0.717) is 13.0 Å². The largest absolute Gasteiger partial charge is 0.350 e. The monoisotopic (exact) mass is 223 g/mol. The summed E-state index contributed by atoms with van der Waals surface area (Å²) in [6.45, 7) is 4.20. The molecule has 1 unspecified atom stereocenters. The van der Waals surface area contributed by atoms with Crippen molar-refractivity contribution in [3.05, 3.63) is 16.1 Å². The molecule has 1 amide bonds. The van der Waals surface area contributed by atoms with Crippen molar-refractivity contribution in [1.29, 1.82) is 5.26 Å². The van der Waals surface area contributed by atoms with Crippen LogP contribution in [-0.2, 0) is 11.3 Å². The van der Waals surface area contributed by atoms with Crippen molar-refractivity contribution in [2.45, 2.75) is 26.8 Å². The highest BCUT2D eigenvalue weighted by Gasteiger charge is 2.14. The molecule has 1 N–H and O–H groups in total. The third-order valence-electron chi connectivity index (χ3n) is 1.99. The fourth-order valence-electron chi connectivity index (χ4n) is 1.12. The number of nitrogens with zero attached hydrogens (tertiary/aromatic N) is 2. The van der Waals surface area contributed by atoms with Gasteiger partial charge in [-0.05, 0) is 13.3 Å². The van der Waals surface area contributed by atoms with E-state index in [1.165, 1.54) is 0 Å². The summed E-state index contributed by atoms with van der Waals surface area (Å²) in [6, 6.07) is 1.97. The maximum absolute atomic E-state index is 11.4. The normalized spacial score (nSPS) is 11.8. The van der Waals surface area contributed by atoms with Gasteiger partial charge in [0.1, 0.15) is 5.92 Å². The molecule has 0 radical (unpaired) electrons. The van der Waals surface area contributed by atoms with Crippen LogP contribution in [0.2, 0.25) is 0 Å². The van der Waals surface area contributed by atoms with Crippen LogP contribution in [0.4, 0.5) is 0 Å². The number of aromatic nitrogens is 1. The Kier molecular flexibility index (Phi) is 4.25. The van der Waals surface area contributed by atoms with Gasteiger partial charge in [-0.15, -0.1) is 11.3 Å². The fourth-order valence-corrected chi connectivity index (χ4v) is 1.85. The first-order valence-corrected chi connectivity index (χ1v) is 5.57. The van der Waals surface area contributed by atoms with Gasteiger partial charge in [0, 0.05) is 11.1 Å². The summed E-state index contributed by atoms with van der Waals surface area (Å²) in [6.07, 6.45) is 2.29. The lowest BCUT2D eigenvalue weighted by Gasteiger charge is -2.06. The summed E-state index contributed by atoms with van der Waals surface area (Å²) in [4.78, 5) is 16.5. The minimum atomic E-state index is -0.543. The third kappa shape index (κ3) is 3.33. The summed E-state index contributed by atoms with van der Waals surface area (Å²) in [5.74, 6) is -0.745. The van der Waals surface area contributed by atoms with Gasteiger partial charge in [0.2, 0.25) is 5.91 Å². The van der Waals surface area contributed by atoms with Gasteiger partial charge in [-0.25, -0.2) is 4.98 Å². The van der Waals surface area contributed by atoms with Crippen LogP contribution in [0.5, 0.6) is 0 Å². The first kappa shape index (κ1) is 11.7. The van der Waals surface area contributed by atoms with Crippen LogP contribution in [0.25, 0.3) is 0 Å². The predicted molar refractivity (Wildman–Crippen MR) is 58.1 cm³/mol. The van der Waals surface area contributed by atoms with Crippen molar-refractivity contribution < 1.29 is 4.79 Å². The number of amides is 1. The highest BCUT2D eigenvalue weighted by Crippen LogP contribution is 2.11. The molecule has 1 rings (SSSR count). The standard InChI is InChI=1S/C10H13N3OS/c1-3-8(4-11)10(14)13-6-9-5-12-7(2)15-9/h5,8H,3,6H2,1-2H3,(H,13,14). The molecule has 0 saturated heterocycles. The number of rotatable bonds is 4. The van der Waals surface area contributed by atoms with Crippen LogP contribution in [0, 0.1) is 24.2 Å². The van der Waals surface area contributed by atoms with Crippen molar-refractivity contribution >= 4 is 17.2 Å². The molecule has 0 aliphatic heterocycles. The Morgan fingerprint density at radius 3 is 3.00 bits per heavy atom. The Balaban J connectivity index is 2.44. The first-order valence-electron chi connectivity index (χ1n) is 4.76. The van der Waals surface area contributed by atoms with E-state index in [1.807, 2.05) is 19.9 Å². The third-order valence-corrected chi connectivity index (χ3v) is 2.90. The SMILES string of the molecule is CCC(C#N)C(=O)NCc1cnc(C)s1. The number of aryl methyl sites for hydroxylation is 1. The van der Waals surface area contributed by atoms with Crippen LogP contribution in [0.1, 0.15) is 23.2 Å². The molecule has 15 heavy (non-hydrogen) atoms. The highest BCUT2D eigenvalue weighted by molar-refractivity contribution is 7.11. The van der Waals surface area contributed by atoms with E-state index in [1.54, 1.807) is 17.5 Å². The molecule has 0 fully saturated rings. The molecule has 0 spiro atoms. The Morgan fingerprint density at radius 1 is 1.80 bits per heavy atom. The van der Waals surface area contributed by atoms with Gasteiger partial charge in [-0.1, -0.05) is 6.92 Å². The summed E-state index contributed by atoms with van der Waals surface area (Å²) >= 11 is 1.55. The predicted octanol–water partition coefficient (Wildman–Crippen LogP) is 1.62. The average molecular weight is 223 g/mol. The molecule has 0 aliphatic carbocycles. The summed E-state index contributed by atoms with van der Waals surface area (Å²) in [5.41, 5.74) is 0. The van der Waals surface area contributed by atoms with Crippen molar-refractivity contribution in [2.24, 2.45) is 5.92 Å². The fraction of sp³-hybridized carbons (Fsp3) is 0.500. The van der Waals surface area contributed by atoms with Gasteiger partial charge in [-0.3, -0.25) is 4.79 Å².